The zero-order valence-corrected chi connectivity index (χ0v) is 11.4. The molecule has 1 aliphatic rings. The molecule has 2 rings (SSSR count). The lowest BCUT2D eigenvalue weighted by molar-refractivity contribution is -0.114. The first-order valence-corrected chi connectivity index (χ1v) is 7.16. The molecule has 1 heterocycles. The minimum absolute atomic E-state index is 0.0313. The van der Waals surface area contributed by atoms with Gasteiger partial charge in [0, 0.05) is 49.6 Å². The van der Waals surface area contributed by atoms with Gasteiger partial charge >= 0.3 is 0 Å². The predicted octanol–water partition coefficient (Wildman–Crippen LogP) is 1.60. The van der Waals surface area contributed by atoms with Crippen molar-refractivity contribution in [3.8, 4) is 0 Å². The van der Waals surface area contributed by atoms with E-state index in [1.165, 1.54) is 11.8 Å². The first-order valence-electron chi connectivity index (χ1n) is 6.17. The van der Waals surface area contributed by atoms with Crippen LogP contribution in [0.25, 0.3) is 0 Å². The van der Waals surface area contributed by atoms with Crippen molar-refractivity contribution in [1.29, 1.82) is 0 Å². The standard InChI is InChI=1S/C13H19N3OS/c1-11(17)15-12-2-4-13(5-3-12)18-10-16-8-6-14-7-9-16/h2-5,14H,6-10H2,1H3,(H,15,17). The van der Waals surface area contributed by atoms with Crippen LogP contribution in [0.2, 0.25) is 0 Å². The van der Waals surface area contributed by atoms with Gasteiger partial charge in [0.15, 0.2) is 0 Å². The van der Waals surface area contributed by atoms with Crippen LogP contribution in [-0.2, 0) is 4.79 Å². The van der Waals surface area contributed by atoms with Crippen molar-refractivity contribution in [3.63, 3.8) is 0 Å². The third-order valence-electron chi connectivity index (χ3n) is 2.80. The minimum atomic E-state index is -0.0313. The number of rotatable bonds is 4. The summed E-state index contributed by atoms with van der Waals surface area (Å²) in [6.07, 6.45) is 0. The van der Waals surface area contributed by atoms with Crippen molar-refractivity contribution in [2.24, 2.45) is 0 Å². The number of carbonyl (C=O) groups excluding carboxylic acids is 1. The second-order valence-electron chi connectivity index (χ2n) is 4.35. The van der Waals surface area contributed by atoms with Gasteiger partial charge in [0.05, 0.1) is 0 Å². The van der Waals surface area contributed by atoms with E-state index in [1.54, 1.807) is 0 Å². The number of benzene rings is 1. The smallest absolute Gasteiger partial charge is 0.221 e. The molecule has 1 aromatic rings. The van der Waals surface area contributed by atoms with Gasteiger partial charge in [-0.25, -0.2) is 0 Å². The van der Waals surface area contributed by atoms with Crippen molar-refractivity contribution in [2.45, 2.75) is 11.8 Å². The van der Waals surface area contributed by atoms with Gasteiger partial charge in [-0.05, 0) is 24.3 Å². The summed E-state index contributed by atoms with van der Waals surface area (Å²) in [6.45, 7) is 5.94. The summed E-state index contributed by atoms with van der Waals surface area (Å²) in [5.41, 5.74) is 0.856. The number of piperazine rings is 1. The number of nitrogens with one attached hydrogen (secondary N) is 2. The van der Waals surface area contributed by atoms with Crippen LogP contribution in [0, 0.1) is 0 Å². The fourth-order valence-corrected chi connectivity index (χ4v) is 2.76. The van der Waals surface area contributed by atoms with E-state index in [0.29, 0.717) is 0 Å². The summed E-state index contributed by atoms with van der Waals surface area (Å²) in [6, 6.07) is 8.00. The van der Waals surface area contributed by atoms with Gasteiger partial charge in [0.25, 0.3) is 0 Å². The summed E-state index contributed by atoms with van der Waals surface area (Å²) in [5, 5.41) is 6.12. The third-order valence-corrected chi connectivity index (χ3v) is 3.90. The van der Waals surface area contributed by atoms with E-state index >= 15 is 0 Å². The highest BCUT2D eigenvalue weighted by Gasteiger charge is 2.09. The second-order valence-corrected chi connectivity index (χ2v) is 5.37. The van der Waals surface area contributed by atoms with Gasteiger partial charge in [-0.1, -0.05) is 0 Å². The number of hydrogen-bond donors (Lipinski definition) is 2. The van der Waals surface area contributed by atoms with Crippen LogP contribution in [0.5, 0.6) is 0 Å². The Labute approximate surface area is 112 Å². The highest BCUT2D eigenvalue weighted by atomic mass is 32.2. The van der Waals surface area contributed by atoms with Crippen molar-refractivity contribution in [1.82, 2.24) is 10.2 Å². The van der Waals surface area contributed by atoms with Crippen molar-refractivity contribution >= 4 is 23.4 Å². The lowest BCUT2D eigenvalue weighted by Crippen LogP contribution is -2.43. The van der Waals surface area contributed by atoms with Gasteiger partial charge in [0.1, 0.15) is 0 Å². The first-order chi connectivity index (χ1) is 8.74. The molecule has 18 heavy (non-hydrogen) atoms. The lowest BCUT2D eigenvalue weighted by atomic mass is 10.3. The number of carbonyl (C=O) groups is 1. The van der Waals surface area contributed by atoms with Crippen molar-refractivity contribution < 1.29 is 4.79 Å². The van der Waals surface area contributed by atoms with E-state index < -0.39 is 0 Å². The molecule has 1 saturated heterocycles. The fraction of sp³-hybridized carbons (Fsp3) is 0.462. The van der Waals surface area contributed by atoms with E-state index in [9.17, 15) is 4.79 Å². The summed E-state index contributed by atoms with van der Waals surface area (Å²) < 4.78 is 0. The van der Waals surface area contributed by atoms with Crippen LogP contribution in [0.1, 0.15) is 6.92 Å². The Kier molecular flexibility index (Phi) is 5.04. The van der Waals surface area contributed by atoms with Crippen molar-refractivity contribution in [2.75, 3.05) is 37.4 Å². The molecule has 5 heteroatoms. The van der Waals surface area contributed by atoms with E-state index in [1.807, 2.05) is 23.9 Å². The summed E-state index contributed by atoms with van der Waals surface area (Å²) in [7, 11) is 0. The van der Waals surface area contributed by atoms with Crippen LogP contribution in [0.4, 0.5) is 5.69 Å². The molecule has 4 nitrogen and oxygen atoms in total. The average Bonchev–Trinajstić information content (AvgIpc) is 2.38. The Hall–Kier alpha value is -1.04. The van der Waals surface area contributed by atoms with E-state index in [2.05, 4.69) is 27.7 Å². The largest absolute Gasteiger partial charge is 0.326 e. The van der Waals surface area contributed by atoms with Gasteiger partial charge in [-0.2, -0.15) is 0 Å². The van der Waals surface area contributed by atoms with Crippen LogP contribution in [-0.4, -0.2) is 42.9 Å². The normalized spacial score (nSPS) is 16.5. The summed E-state index contributed by atoms with van der Waals surface area (Å²) in [5.74, 6) is 0.998. The van der Waals surface area contributed by atoms with Crippen LogP contribution >= 0.6 is 11.8 Å². The highest BCUT2D eigenvalue weighted by molar-refractivity contribution is 7.99. The summed E-state index contributed by atoms with van der Waals surface area (Å²) in [4.78, 5) is 14.6. The molecule has 98 valence electrons. The first kappa shape index (κ1) is 13.4. The molecule has 1 fully saturated rings. The Balaban J connectivity index is 1.80. The zero-order valence-electron chi connectivity index (χ0n) is 10.6. The molecule has 0 spiro atoms. The molecule has 0 saturated carbocycles. The Morgan fingerprint density at radius 1 is 1.33 bits per heavy atom. The van der Waals surface area contributed by atoms with Gasteiger partial charge < -0.3 is 10.6 Å². The Morgan fingerprint density at radius 2 is 2.00 bits per heavy atom. The third kappa shape index (κ3) is 4.33. The molecule has 1 aliphatic heterocycles. The van der Waals surface area contributed by atoms with E-state index in [4.69, 9.17) is 0 Å². The molecule has 0 unspecified atom stereocenters. The molecule has 2 N–H and O–H groups in total. The van der Waals surface area contributed by atoms with Gasteiger partial charge in [0.2, 0.25) is 5.91 Å². The van der Waals surface area contributed by atoms with Gasteiger partial charge in [-0.15, -0.1) is 11.8 Å². The van der Waals surface area contributed by atoms with Crippen LogP contribution < -0.4 is 10.6 Å². The van der Waals surface area contributed by atoms with Crippen molar-refractivity contribution in [3.05, 3.63) is 24.3 Å². The number of anilines is 1. The maximum Gasteiger partial charge on any atom is 0.221 e. The molecule has 0 bridgehead atoms. The lowest BCUT2D eigenvalue weighted by Gasteiger charge is -2.26. The van der Waals surface area contributed by atoms with Crippen LogP contribution in [0.15, 0.2) is 29.2 Å². The van der Waals surface area contributed by atoms with Crippen LogP contribution in [0.3, 0.4) is 0 Å². The molecule has 0 atom stereocenters. The number of hydrogen-bond acceptors (Lipinski definition) is 4. The Bertz CT molecular complexity index is 388. The molecule has 0 radical (unpaired) electrons. The average molecular weight is 265 g/mol. The van der Waals surface area contributed by atoms with E-state index in [0.717, 1.165) is 37.7 Å². The zero-order chi connectivity index (χ0) is 12.8. The van der Waals surface area contributed by atoms with E-state index in [-0.39, 0.29) is 5.91 Å². The molecular formula is C13H19N3OS. The topological polar surface area (TPSA) is 44.4 Å². The molecule has 1 amide bonds. The fourth-order valence-electron chi connectivity index (χ4n) is 1.84. The molecule has 1 aromatic carbocycles. The number of nitrogens with zero attached hydrogens (tertiary/aromatic N) is 1. The number of amides is 1. The highest BCUT2D eigenvalue weighted by Crippen LogP contribution is 2.21. The number of thioether (sulfide) groups is 1. The maximum atomic E-state index is 10.9. The minimum Gasteiger partial charge on any atom is -0.326 e. The summed E-state index contributed by atoms with van der Waals surface area (Å²) >= 11 is 1.84. The molecular weight excluding hydrogens is 246 g/mol. The quantitative estimate of drug-likeness (QED) is 0.812. The SMILES string of the molecule is CC(=O)Nc1ccc(SCN2CCNCC2)cc1. The molecule has 0 aliphatic carbocycles. The molecule has 0 aromatic heterocycles. The van der Waals surface area contributed by atoms with Gasteiger partial charge in [-0.3, -0.25) is 9.69 Å². The monoisotopic (exact) mass is 265 g/mol. The maximum absolute atomic E-state index is 10.9. The predicted molar refractivity (Wildman–Crippen MR) is 75.9 cm³/mol. The Morgan fingerprint density at radius 3 is 2.61 bits per heavy atom. The second kappa shape index (κ2) is 6.78.